The van der Waals surface area contributed by atoms with Crippen molar-refractivity contribution in [1.82, 2.24) is 5.32 Å². The van der Waals surface area contributed by atoms with Crippen molar-refractivity contribution in [2.45, 2.75) is 64.0 Å². The third-order valence-corrected chi connectivity index (χ3v) is 7.24. The largest absolute Gasteiger partial charge is 0.468 e. The molecule has 2 heterocycles. The number of nitrogens with zero attached hydrogens (tertiary/aromatic N) is 1. The second kappa shape index (κ2) is 8.99. The van der Waals surface area contributed by atoms with Crippen molar-refractivity contribution in [2.75, 3.05) is 12.0 Å². The van der Waals surface area contributed by atoms with E-state index in [9.17, 15) is 14.4 Å². The highest BCUT2D eigenvalue weighted by molar-refractivity contribution is 6.24. The van der Waals surface area contributed by atoms with Crippen LogP contribution in [0.4, 0.5) is 5.69 Å². The number of benzene rings is 2. The summed E-state index contributed by atoms with van der Waals surface area (Å²) in [6.07, 6.45) is 2.01. The maximum absolute atomic E-state index is 14.1. The number of carbonyl (C=O) groups is 3. The van der Waals surface area contributed by atoms with Crippen LogP contribution in [-0.2, 0) is 24.5 Å². The first-order valence-electron chi connectivity index (χ1n) is 12.1. The van der Waals surface area contributed by atoms with Gasteiger partial charge in [-0.2, -0.15) is 0 Å². The van der Waals surface area contributed by atoms with Gasteiger partial charge in [0, 0.05) is 6.04 Å². The number of carbonyl (C=O) groups excluding carboxylic acids is 3. The van der Waals surface area contributed by atoms with Crippen molar-refractivity contribution < 1.29 is 19.1 Å². The second-order valence-electron chi connectivity index (χ2n) is 10.4. The molecule has 0 spiro atoms. The molecule has 4 atom stereocenters. The van der Waals surface area contributed by atoms with Crippen LogP contribution in [0.15, 0.2) is 54.6 Å². The molecule has 2 aromatic carbocycles. The Morgan fingerprint density at radius 3 is 2.29 bits per heavy atom. The lowest BCUT2D eigenvalue weighted by Gasteiger charge is -2.33. The van der Waals surface area contributed by atoms with Crippen LogP contribution < -0.4 is 10.2 Å². The number of nitrogens with one attached hydrogen (secondary N) is 1. The third kappa shape index (κ3) is 3.74. The summed E-state index contributed by atoms with van der Waals surface area (Å²) in [7, 11) is 1.34. The van der Waals surface area contributed by atoms with E-state index in [1.54, 1.807) is 0 Å². The molecule has 2 amide bonds. The van der Waals surface area contributed by atoms with Crippen molar-refractivity contribution >= 4 is 23.5 Å². The molecule has 0 saturated carbocycles. The molecule has 4 rings (SSSR count). The fourth-order valence-corrected chi connectivity index (χ4v) is 5.65. The third-order valence-electron chi connectivity index (χ3n) is 7.24. The molecule has 34 heavy (non-hydrogen) atoms. The van der Waals surface area contributed by atoms with Crippen molar-refractivity contribution in [2.24, 2.45) is 11.8 Å². The molecule has 0 radical (unpaired) electrons. The molecule has 0 unspecified atom stereocenters. The van der Waals surface area contributed by atoms with Crippen LogP contribution in [0.3, 0.4) is 0 Å². The first-order chi connectivity index (χ1) is 16.2. The Balaban J connectivity index is 1.89. The molecular formula is C28H34N2O4. The number of hydrogen-bond acceptors (Lipinski definition) is 5. The van der Waals surface area contributed by atoms with Gasteiger partial charge < -0.3 is 4.74 Å². The standard InChI is InChI=1S/C28H34N2O4/c1-6-7-17-28(26(33)34-5)22-21(23(29-28)18-13-9-8-10-14-18)24(31)30(25(22)32)20-16-12-11-15-19(20)27(2,3)4/h8-16,21-23,29H,6-7,17H2,1-5H3/t21-,22-,23-,28-/m1/s1. The highest BCUT2D eigenvalue weighted by atomic mass is 16.5. The van der Waals surface area contributed by atoms with Gasteiger partial charge in [-0.15, -0.1) is 0 Å². The Morgan fingerprint density at radius 2 is 1.68 bits per heavy atom. The van der Waals surface area contributed by atoms with Crippen molar-refractivity contribution in [3.05, 3.63) is 65.7 Å². The number of anilines is 1. The topological polar surface area (TPSA) is 75.7 Å². The van der Waals surface area contributed by atoms with E-state index in [1.165, 1.54) is 12.0 Å². The molecule has 2 aliphatic heterocycles. The van der Waals surface area contributed by atoms with Crippen LogP contribution in [0.1, 0.15) is 64.1 Å². The quantitative estimate of drug-likeness (QED) is 0.504. The van der Waals surface area contributed by atoms with Crippen LogP contribution in [0.2, 0.25) is 0 Å². The van der Waals surface area contributed by atoms with E-state index >= 15 is 0 Å². The summed E-state index contributed by atoms with van der Waals surface area (Å²) in [6, 6.07) is 16.7. The summed E-state index contributed by atoms with van der Waals surface area (Å²) in [5.41, 5.74) is 0.868. The van der Waals surface area contributed by atoms with Gasteiger partial charge >= 0.3 is 5.97 Å². The van der Waals surface area contributed by atoms with Crippen molar-refractivity contribution in [3.63, 3.8) is 0 Å². The minimum Gasteiger partial charge on any atom is -0.468 e. The van der Waals surface area contributed by atoms with Crippen molar-refractivity contribution in [3.8, 4) is 0 Å². The molecule has 6 heteroatoms. The molecule has 2 aromatic rings. The summed E-state index contributed by atoms with van der Waals surface area (Å²) in [5.74, 6) is -2.62. The lowest BCUT2D eigenvalue weighted by Crippen LogP contribution is -2.56. The SMILES string of the molecule is CCCC[C@@]1(C(=O)OC)N[C@H](c2ccccc2)[C@@H]2C(=O)N(c3ccccc3C(C)(C)C)C(=O)[C@@H]21. The molecule has 2 fully saturated rings. The normalized spacial score (nSPS) is 26.6. The first kappa shape index (κ1) is 24.1. The van der Waals surface area contributed by atoms with Crippen LogP contribution in [0.25, 0.3) is 0 Å². The number of fused-ring (bicyclic) bond motifs is 1. The predicted octanol–water partition coefficient (Wildman–Crippen LogP) is 4.54. The zero-order chi connectivity index (χ0) is 24.7. The fraction of sp³-hybridized carbons (Fsp3) is 0.464. The average Bonchev–Trinajstić information content (AvgIpc) is 3.31. The number of esters is 1. The van der Waals surface area contributed by atoms with Gasteiger partial charge in [0.05, 0.1) is 24.6 Å². The minimum atomic E-state index is -1.26. The number of rotatable bonds is 6. The Labute approximate surface area is 201 Å². The van der Waals surface area contributed by atoms with E-state index in [0.717, 1.165) is 24.0 Å². The number of hydrogen-bond donors (Lipinski definition) is 1. The molecule has 6 nitrogen and oxygen atoms in total. The summed E-state index contributed by atoms with van der Waals surface area (Å²) in [4.78, 5) is 42.8. The van der Waals surface area contributed by atoms with E-state index in [1.807, 2.05) is 61.5 Å². The summed E-state index contributed by atoms with van der Waals surface area (Å²) < 4.78 is 5.25. The van der Waals surface area contributed by atoms with Crippen LogP contribution in [0, 0.1) is 11.8 Å². The van der Waals surface area contributed by atoms with Crippen LogP contribution in [0.5, 0.6) is 0 Å². The lowest BCUT2D eigenvalue weighted by molar-refractivity contribution is -0.152. The number of unbranched alkanes of at least 4 members (excludes halogenated alkanes) is 1. The Morgan fingerprint density at radius 1 is 1.03 bits per heavy atom. The first-order valence-corrected chi connectivity index (χ1v) is 12.1. The average molecular weight is 463 g/mol. The molecule has 0 aliphatic carbocycles. The molecule has 0 aromatic heterocycles. The Kier molecular flexibility index (Phi) is 6.38. The number of ether oxygens (including phenoxy) is 1. The van der Waals surface area contributed by atoms with Gasteiger partial charge in [-0.25, -0.2) is 4.90 Å². The van der Waals surface area contributed by atoms with Gasteiger partial charge in [-0.05, 0) is 29.0 Å². The van der Waals surface area contributed by atoms with Gasteiger partial charge in [0.1, 0.15) is 5.54 Å². The maximum Gasteiger partial charge on any atom is 0.326 e. The van der Waals surface area contributed by atoms with Gasteiger partial charge in [-0.3, -0.25) is 19.7 Å². The molecular weight excluding hydrogens is 428 g/mol. The molecule has 2 aliphatic rings. The molecule has 1 N–H and O–H groups in total. The monoisotopic (exact) mass is 462 g/mol. The predicted molar refractivity (Wildman–Crippen MR) is 131 cm³/mol. The zero-order valence-electron chi connectivity index (χ0n) is 20.6. The highest BCUT2D eigenvalue weighted by Gasteiger charge is 2.68. The summed E-state index contributed by atoms with van der Waals surface area (Å²) in [6.45, 7) is 8.23. The minimum absolute atomic E-state index is 0.268. The van der Waals surface area contributed by atoms with E-state index in [-0.39, 0.29) is 17.2 Å². The molecule has 2 saturated heterocycles. The number of amides is 2. The maximum atomic E-state index is 14.1. The van der Waals surface area contributed by atoms with E-state index in [0.29, 0.717) is 12.1 Å². The Bertz CT molecular complexity index is 1090. The summed E-state index contributed by atoms with van der Waals surface area (Å²) >= 11 is 0. The zero-order valence-corrected chi connectivity index (χ0v) is 20.6. The van der Waals surface area contributed by atoms with Gasteiger partial charge in [0.15, 0.2) is 0 Å². The molecule has 0 bridgehead atoms. The van der Waals surface area contributed by atoms with E-state index < -0.39 is 29.4 Å². The van der Waals surface area contributed by atoms with Gasteiger partial charge in [-0.1, -0.05) is 89.1 Å². The molecule has 180 valence electrons. The van der Waals surface area contributed by atoms with Crippen LogP contribution in [-0.4, -0.2) is 30.4 Å². The smallest absolute Gasteiger partial charge is 0.326 e. The summed E-state index contributed by atoms with van der Waals surface area (Å²) in [5, 5.41) is 3.44. The van der Waals surface area contributed by atoms with Gasteiger partial charge in [0.2, 0.25) is 11.8 Å². The Hall–Kier alpha value is -2.99. The fourth-order valence-electron chi connectivity index (χ4n) is 5.65. The van der Waals surface area contributed by atoms with Crippen molar-refractivity contribution in [1.29, 1.82) is 0 Å². The van der Waals surface area contributed by atoms with Crippen LogP contribution >= 0.6 is 0 Å². The lowest BCUT2D eigenvalue weighted by atomic mass is 9.76. The van der Waals surface area contributed by atoms with Gasteiger partial charge in [0.25, 0.3) is 0 Å². The second-order valence-corrected chi connectivity index (χ2v) is 10.4. The number of para-hydroxylation sites is 1. The highest BCUT2D eigenvalue weighted by Crippen LogP contribution is 2.52. The number of imide groups is 1. The van der Waals surface area contributed by atoms with E-state index in [4.69, 9.17) is 4.74 Å². The van der Waals surface area contributed by atoms with E-state index in [2.05, 4.69) is 26.1 Å². The number of methoxy groups -OCH3 is 1.